The lowest BCUT2D eigenvalue weighted by Gasteiger charge is -2.06. The van der Waals surface area contributed by atoms with Crippen LogP contribution in [0, 0.1) is 5.92 Å². The summed E-state index contributed by atoms with van der Waals surface area (Å²) in [5.74, 6) is -0.707. The second kappa shape index (κ2) is 4.57. The van der Waals surface area contributed by atoms with Crippen LogP contribution in [0.3, 0.4) is 0 Å². The molecular weight excluding hydrogens is 220 g/mol. The van der Waals surface area contributed by atoms with Crippen LogP contribution in [-0.4, -0.2) is 23.5 Å². The Balaban J connectivity index is 2.15. The molecule has 0 aliphatic heterocycles. The van der Waals surface area contributed by atoms with E-state index in [0.717, 1.165) is 0 Å². The van der Waals surface area contributed by atoms with Crippen LogP contribution in [0.2, 0.25) is 0 Å². The van der Waals surface area contributed by atoms with E-state index in [-0.39, 0.29) is 23.9 Å². The molecule has 0 spiro atoms. The van der Waals surface area contributed by atoms with Gasteiger partial charge >= 0.3 is 5.97 Å². The highest BCUT2D eigenvalue weighted by molar-refractivity contribution is 6.04. The molecule has 0 saturated carbocycles. The van der Waals surface area contributed by atoms with Gasteiger partial charge in [-0.3, -0.25) is 9.59 Å². The Kier molecular flexibility index (Phi) is 3.13. The van der Waals surface area contributed by atoms with Crippen molar-refractivity contribution in [2.45, 2.75) is 19.8 Å². The maximum atomic E-state index is 12.0. The molecule has 4 nitrogen and oxygen atoms in total. The van der Waals surface area contributed by atoms with Gasteiger partial charge < -0.3 is 9.84 Å². The molecule has 0 radical (unpaired) electrons. The quantitative estimate of drug-likeness (QED) is 0.808. The third-order valence-electron chi connectivity index (χ3n) is 2.96. The summed E-state index contributed by atoms with van der Waals surface area (Å²) in [6.45, 7) is 2.05. The fourth-order valence-electron chi connectivity index (χ4n) is 2.16. The predicted molar refractivity (Wildman–Crippen MR) is 60.9 cm³/mol. The molecule has 1 unspecified atom stereocenters. The van der Waals surface area contributed by atoms with Crippen molar-refractivity contribution in [2.75, 3.05) is 6.61 Å². The summed E-state index contributed by atoms with van der Waals surface area (Å²) in [6.07, 6.45) is 0.500. The SMILES string of the molecule is CCOC(=O)CC1Cc2c(O)cccc2C1=O. The lowest BCUT2D eigenvalue weighted by molar-refractivity contribution is -0.143. The fraction of sp³-hybridized carbons (Fsp3) is 0.385. The lowest BCUT2D eigenvalue weighted by Crippen LogP contribution is -2.16. The molecule has 0 bridgehead atoms. The van der Waals surface area contributed by atoms with E-state index in [1.54, 1.807) is 25.1 Å². The van der Waals surface area contributed by atoms with Crippen LogP contribution in [0.4, 0.5) is 0 Å². The summed E-state index contributed by atoms with van der Waals surface area (Å²) < 4.78 is 4.83. The number of hydrogen-bond acceptors (Lipinski definition) is 4. The molecule has 90 valence electrons. The molecule has 1 aromatic rings. The second-order valence-electron chi connectivity index (χ2n) is 4.08. The number of Topliss-reactive ketones (excluding diaryl/α,β-unsaturated/α-hetero) is 1. The van der Waals surface area contributed by atoms with Gasteiger partial charge in [0.25, 0.3) is 0 Å². The van der Waals surface area contributed by atoms with Gasteiger partial charge in [-0.2, -0.15) is 0 Å². The van der Waals surface area contributed by atoms with Crippen molar-refractivity contribution in [3.05, 3.63) is 29.3 Å². The number of aromatic hydroxyl groups is 1. The molecular formula is C13H14O4. The van der Waals surface area contributed by atoms with E-state index >= 15 is 0 Å². The maximum Gasteiger partial charge on any atom is 0.306 e. The van der Waals surface area contributed by atoms with Gasteiger partial charge in [0, 0.05) is 17.0 Å². The molecule has 0 aromatic heterocycles. The number of rotatable bonds is 3. The summed E-state index contributed by atoms with van der Waals surface area (Å²) >= 11 is 0. The Bertz CT molecular complexity index is 464. The molecule has 0 heterocycles. The lowest BCUT2D eigenvalue weighted by atomic mass is 10.0. The summed E-state index contributed by atoms with van der Waals surface area (Å²) in [6, 6.07) is 4.88. The maximum absolute atomic E-state index is 12.0. The second-order valence-corrected chi connectivity index (χ2v) is 4.08. The number of ketones is 1. The zero-order valence-electron chi connectivity index (χ0n) is 9.60. The Morgan fingerprint density at radius 3 is 2.94 bits per heavy atom. The van der Waals surface area contributed by atoms with Crippen LogP contribution in [0.25, 0.3) is 0 Å². The van der Waals surface area contributed by atoms with Crippen molar-refractivity contribution < 1.29 is 19.4 Å². The number of fused-ring (bicyclic) bond motifs is 1. The van der Waals surface area contributed by atoms with Crippen molar-refractivity contribution in [2.24, 2.45) is 5.92 Å². The van der Waals surface area contributed by atoms with Crippen molar-refractivity contribution in [1.29, 1.82) is 0 Å². The first-order chi connectivity index (χ1) is 8.13. The minimum Gasteiger partial charge on any atom is -0.508 e. The average Bonchev–Trinajstić information content (AvgIpc) is 2.59. The van der Waals surface area contributed by atoms with Gasteiger partial charge in [-0.1, -0.05) is 12.1 Å². The highest BCUT2D eigenvalue weighted by Gasteiger charge is 2.33. The molecule has 0 saturated heterocycles. The summed E-state index contributed by atoms with van der Waals surface area (Å²) in [4.78, 5) is 23.3. The van der Waals surface area contributed by atoms with Gasteiger partial charge in [-0.05, 0) is 19.4 Å². The van der Waals surface area contributed by atoms with Crippen LogP contribution in [0.5, 0.6) is 5.75 Å². The first-order valence-electron chi connectivity index (χ1n) is 5.64. The molecule has 1 aromatic carbocycles. The smallest absolute Gasteiger partial charge is 0.306 e. The normalized spacial score (nSPS) is 17.9. The van der Waals surface area contributed by atoms with Crippen molar-refractivity contribution in [3.8, 4) is 5.75 Å². The molecule has 1 N–H and O–H groups in total. The van der Waals surface area contributed by atoms with E-state index < -0.39 is 5.92 Å². The van der Waals surface area contributed by atoms with Gasteiger partial charge in [-0.25, -0.2) is 0 Å². The van der Waals surface area contributed by atoms with Gasteiger partial charge in [-0.15, -0.1) is 0 Å². The highest BCUT2D eigenvalue weighted by Crippen LogP contribution is 2.34. The van der Waals surface area contributed by atoms with E-state index in [9.17, 15) is 14.7 Å². The molecule has 1 aliphatic rings. The molecule has 0 fully saturated rings. The van der Waals surface area contributed by atoms with E-state index in [1.807, 2.05) is 0 Å². The molecule has 1 atom stereocenters. The Hall–Kier alpha value is -1.84. The standard InChI is InChI=1S/C13H14O4/c1-2-17-12(15)7-8-6-10-9(13(8)16)4-3-5-11(10)14/h3-5,8,14H,2,6-7H2,1H3. The van der Waals surface area contributed by atoms with E-state index in [1.165, 1.54) is 0 Å². The molecule has 0 amide bonds. The minimum absolute atomic E-state index is 0.0797. The van der Waals surface area contributed by atoms with E-state index in [4.69, 9.17) is 4.74 Å². The Labute approximate surface area is 99.2 Å². The largest absolute Gasteiger partial charge is 0.508 e. The molecule has 17 heavy (non-hydrogen) atoms. The number of benzene rings is 1. The number of phenolic OH excluding ortho intramolecular Hbond substituents is 1. The number of ether oxygens (including phenoxy) is 1. The van der Waals surface area contributed by atoms with Gasteiger partial charge in [0.1, 0.15) is 5.75 Å². The van der Waals surface area contributed by atoms with Crippen LogP contribution < -0.4 is 0 Å². The Morgan fingerprint density at radius 1 is 1.53 bits per heavy atom. The van der Waals surface area contributed by atoms with Gasteiger partial charge in [0.15, 0.2) is 5.78 Å². The first-order valence-corrected chi connectivity index (χ1v) is 5.64. The van der Waals surface area contributed by atoms with Crippen LogP contribution in [0.1, 0.15) is 29.3 Å². The number of phenols is 1. The van der Waals surface area contributed by atoms with E-state index in [2.05, 4.69) is 0 Å². The van der Waals surface area contributed by atoms with Crippen LogP contribution in [-0.2, 0) is 16.0 Å². The summed E-state index contributed by atoms with van der Waals surface area (Å²) in [7, 11) is 0. The van der Waals surface area contributed by atoms with E-state index in [0.29, 0.717) is 24.2 Å². The monoisotopic (exact) mass is 234 g/mol. The predicted octanol–water partition coefficient (Wildman–Crippen LogP) is 1.70. The first kappa shape index (κ1) is 11.6. The number of carbonyl (C=O) groups is 2. The fourth-order valence-corrected chi connectivity index (χ4v) is 2.16. The summed E-state index contributed by atoms with van der Waals surface area (Å²) in [5, 5.41) is 9.64. The molecule has 1 aliphatic carbocycles. The topological polar surface area (TPSA) is 63.6 Å². The molecule has 2 rings (SSSR count). The highest BCUT2D eigenvalue weighted by atomic mass is 16.5. The zero-order chi connectivity index (χ0) is 12.4. The zero-order valence-corrected chi connectivity index (χ0v) is 9.60. The van der Waals surface area contributed by atoms with Gasteiger partial charge in [0.05, 0.1) is 13.0 Å². The number of hydrogen-bond donors (Lipinski definition) is 1. The number of esters is 1. The van der Waals surface area contributed by atoms with Crippen LogP contribution in [0.15, 0.2) is 18.2 Å². The van der Waals surface area contributed by atoms with Gasteiger partial charge in [0.2, 0.25) is 0 Å². The van der Waals surface area contributed by atoms with Crippen molar-refractivity contribution in [3.63, 3.8) is 0 Å². The van der Waals surface area contributed by atoms with Crippen molar-refractivity contribution >= 4 is 11.8 Å². The van der Waals surface area contributed by atoms with Crippen molar-refractivity contribution in [1.82, 2.24) is 0 Å². The average molecular weight is 234 g/mol. The molecule has 4 heteroatoms. The summed E-state index contributed by atoms with van der Waals surface area (Å²) in [5.41, 5.74) is 1.17. The Morgan fingerprint density at radius 2 is 2.29 bits per heavy atom. The third-order valence-corrected chi connectivity index (χ3v) is 2.96. The number of carbonyl (C=O) groups excluding carboxylic acids is 2. The van der Waals surface area contributed by atoms with Crippen LogP contribution >= 0.6 is 0 Å². The third kappa shape index (κ3) is 2.16. The minimum atomic E-state index is -0.391.